The molecule has 0 aliphatic heterocycles. The zero-order chi connectivity index (χ0) is 13.8. The number of aromatic nitrogens is 1. The van der Waals surface area contributed by atoms with E-state index in [1.807, 2.05) is 19.9 Å². The van der Waals surface area contributed by atoms with Crippen LogP contribution in [0.15, 0.2) is 6.07 Å². The highest BCUT2D eigenvalue weighted by Crippen LogP contribution is 2.24. The van der Waals surface area contributed by atoms with Crippen molar-refractivity contribution in [1.29, 1.82) is 0 Å². The van der Waals surface area contributed by atoms with Gasteiger partial charge < -0.3 is 9.30 Å². The Morgan fingerprint density at radius 2 is 2.05 bits per heavy atom. The van der Waals surface area contributed by atoms with Crippen molar-refractivity contribution in [3.05, 3.63) is 23.0 Å². The van der Waals surface area contributed by atoms with Crippen LogP contribution in [0.5, 0.6) is 0 Å². The number of rotatable bonds is 6. The van der Waals surface area contributed by atoms with Crippen LogP contribution in [0.3, 0.4) is 0 Å². The Hall–Kier alpha value is -1.09. The van der Waals surface area contributed by atoms with Gasteiger partial charge in [-0.1, -0.05) is 12.8 Å². The highest BCUT2D eigenvalue weighted by atomic mass is 16.5. The predicted octanol–water partition coefficient (Wildman–Crippen LogP) is 3.51. The van der Waals surface area contributed by atoms with Crippen LogP contribution in [0.1, 0.15) is 54.4 Å². The Balaban J connectivity index is 1.88. The number of hydrogen-bond acceptors (Lipinski definition) is 2. The molecule has 3 heteroatoms. The third kappa shape index (κ3) is 3.27. The van der Waals surface area contributed by atoms with Crippen molar-refractivity contribution < 1.29 is 9.53 Å². The second kappa shape index (κ2) is 6.38. The van der Waals surface area contributed by atoms with Gasteiger partial charge in [0, 0.05) is 23.5 Å². The monoisotopic (exact) mass is 263 g/mol. The fraction of sp³-hybridized carbons (Fsp3) is 0.688. The van der Waals surface area contributed by atoms with E-state index in [0.717, 1.165) is 30.1 Å². The van der Waals surface area contributed by atoms with Gasteiger partial charge in [-0.05, 0) is 45.6 Å². The molecule has 0 spiro atoms. The maximum atomic E-state index is 12.2. The minimum Gasteiger partial charge on any atom is -0.373 e. The zero-order valence-electron chi connectivity index (χ0n) is 12.4. The molecule has 1 aromatic heterocycles. The lowest BCUT2D eigenvalue weighted by atomic mass is 10.1. The van der Waals surface area contributed by atoms with E-state index in [-0.39, 0.29) is 12.4 Å². The zero-order valence-corrected chi connectivity index (χ0v) is 12.4. The Morgan fingerprint density at radius 3 is 2.63 bits per heavy atom. The van der Waals surface area contributed by atoms with E-state index in [1.54, 1.807) is 0 Å². The van der Waals surface area contributed by atoms with E-state index < -0.39 is 0 Å². The number of Topliss-reactive ketones (excluding diaryl/α,β-unsaturated/α-hetero) is 1. The Morgan fingerprint density at radius 1 is 1.37 bits per heavy atom. The number of carbonyl (C=O) groups excluding carboxylic acids is 1. The average molecular weight is 263 g/mol. The highest BCUT2D eigenvalue weighted by Gasteiger charge is 2.18. The quantitative estimate of drug-likeness (QED) is 0.735. The predicted molar refractivity (Wildman–Crippen MR) is 76.7 cm³/mol. The molecule has 1 aliphatic rings. The number of ether oxygens (including phenoxy) is 1. The third-order valence-corrected chi connectivity index (χ3v) is 4.25. The third-order valence-electron chi connectivity index (χ3n) is 4.25. The summed E-state index contributed by atoms with van der Waals surface area (Å²) in [6, 6.07) is 1.99. The molecule has 0 amide bonds. The standard InChI is InChI=1S/C16H25NO2/c1-4-17-12(2)9-15(13(17)3)16(18)11-19-10-14-7-5-6-8-14/h9,14H,4-8,10-11H2,1-3H3. The molecule has 0 aromatic carbocycles. The molecule has 1 fully saturated rings. The van der Waals surface area contributed by atoms with Crippen LogP contribution in [-0.4, -0.2) is 23.6 Å². The molecule has 3 nitrogen and oxygen atoms in total. The minimum atomic E-state index is 0.116. The maximum Gasteiger partial charge on any atom is 0.190 e. The molecule has 0 saturated heterocycles. The molecule has 0 unspecified atom stereocenters. The van der Waals surface area contributed by atoms with Gasteiger partial charge in [0.05, 0.1) is 6.61 Å². The first kappa shape index (κ1) is 14.3. The van der Waals surface area contributed by atoms with Crippen molar-refractivity contribution in [1.82, 2.24) is 4.57 Å². The molecule has 1 aromatic rings. The van der Waals surface area contributed by atoms with Crippen molar-refractivity contribution >= 4 is 5.78 Å². The molecule has 106 valence electrons. The van der Waals surface area contributed by atoms with Crippen molar-refractivity contribution in [2.75, 3.05) is 13.2 Å². The molecule has 1 heterocycles. The van der Waals surface area contributed by atoms with Gasteiger partial charge in [-0.2, -0.15) is 0 Å². The van der Waals surface area contributed by atoms with E-state index in [2.05, 4.69) is 11.5 Å². The van der Waals surface area contributed by atoms with E-state index >= 15 is 0 Å². The summed E-state index contributed by atoms with van der Waals surface area (Å²) in [4.78, 5) is 12.2. The van der Waals surface area contributed by atoms with Crippen molar-refractivity contribution in [3.8, 4) is 0 Å². The van der Waals surface area contributed by atoms with Gasteiger partial charge in [-0.3, -0.25) is 4.79 Å². The van der Waals surface area contributed by atoms with Crippen molar-refractivity contribution in [2.45, 2.75) is 53.0 Å². The van der Waals surface area contributed by atoms with Gasteiger partial charge in [0.2, 0.25) is 0 Å². The van der Waals surface area contributed by atoms with E-state index in [4.69, 9.17) is 4.74 Å². The SMILES string of the molecule is CCn1c(C)cc(C(=O)COCC2CCCC2)c1C. The van der Waals surface area contributed by atoms with Gasteiger partial charge in [0.25, 0.3) is 0 Å². The van der Waals surface area contributed by atoms with Gasteiger partial charge in [0.15, 0.2) is 5.78 Å². The molecular formula is C16H25NO2. The summed E-state index contributed by atoms with van der Waals surface area (Å²) >= 11 is 0. The first-order valence-corrected chi connectivity index (χ1v) is 7.41. The van der Waals surface area contributed by atoms with Crippen LogP contribution >= 0.6 is 0 Å². The van der Waals surface area contributed by atoms with Crippen LogP contribution in [0, 0.1) is 19.8 Å². The summed E-state index contributed by atoms with van der Waals surface area (Å²) in [7, 11) is 0. The van der Waals surface area contributed by atoms with Crippen molar-refractivity contribution in [3.63, 3.8) is 0 Å². The van der Waals surface area contributed by atoms with Gasteiger partial charge in [0.1, 0.15) is 6.61 Å². The number of nitrogens with zero attached hydrogens (tertiary/aromatic N) is 1. The number of ketones is 1. The van der Waals surface area contributed by atoms with Crippen LogP contribution in [0.25, 0.3) is 0 Å². The Labute approximate surface area is 115 Å². The molecule has 0 atom stereocenters. The lowest BCUT2D eigenvalue weighted by molar-refractivity contribution is 0.0680. The van der Waals surface area contributed by atoms with Crippen LogP contribution in [-0.2, 0) is 11.3 Å². The van der Waals surface area contributed by atoms with Gasteiger partial charge >= 0.3 is 0 Å². The molecule has 2 rings (SSSR count). The topological polar surface area (TPSA) is 31.2 Å². The van der Waals surface area contributed by atoms with Gasteiger partial charge in [-0.15, -0.1) is 0 Å². The smallest absolute Gasteiger partial charge is 0.190 e. The summed E-state index contributed by atoms with van der Waals surface area (Å²) in [5.41, 5.74) is 3.04. The highest BCUT2D eigenvalue weighted by molar-refractivity contribution is 5.98. The molecule has 0 N–H and O–H groups in total. The molecule has 0 bridgehead atoms. The number of aryl methyl sites for hydroxylation is 1. The number of carbonyl (C=O) groups is 1. The van der Waals surface area contributed by atoms with E-state index in [9.17, 15) is 4.79 Å². The van der Waals surface area contributed by atoms with Crippen molar-refractivity contribution in [2.24, 2.45) is 5.92 Å². The van der Waals surface area contributed by atoms with E-state index in [0.29, 0.717) is 5.92 Å². The lowest BCUT2D eigenvalue weighted by Gasteiger charge is -2.09. The van der Waals surface area contributed by atoms with Crippen LogP contribution in [0.2, 0.25) is 0 Å². The minimum absolute atomic E-state index is 0.116. The summed E-state index contributed by atoms with van der Waals surface area (Å²) in [5, 5.41) is 0. The molecule has 1 saturated carbocycles. The normalized spacial score (nSPS) is 16.2. The fourth-order valence-corrected chi connectivity index (χ4v) is 3.14. The summed E-state index contributed by atoms with van der Waals surface area (Å²) < 4.78 is 7.78. The molecule has 19 heavy (non-hydrogen) atoms. The summed E-state index contributed by atoms with van der Waals surface area (Å²) in [5.74, 6) is 0.793. The number of hydrogen-bond donors (Lipinski definition) is 0. The Bertz CT molecular complexity index is 442. The second-order valence-corrected chi connectivity index (χ2v) is 5.62. The maximum absolute atomic E-state index is 12.2. The largest absolute Gasteiger partial charge is 0.373 e. The average Bonchev–Trinajstić information content (AvgIpc) is 2.98. The fourth-order valence-electron chi connectivity index (χ4n) is 3.14. The Kier molecular flexibility index (Phi) is 4.81. The molecular weight excluding hydrogens is 238 g/mol. The summed E-state index contributed by atoms with van der Waals surface area (Å²) in [6.45, 7) is 8.05. The second-order valence-electron chi connectivity index (χ2n) is 5.62. The first-order chi connectivity index (χ1) is 9.13. The lowest BCUT2D eigenvalue weighted by Crippen LogP contribution is -2.14. The first-order valence-electron chi connectivity index (χ1n) is 7.41. The van der Waals surface area contributed by atoms with Crippen LogP contribution < -0.4 is 0 Å². The van der Waals surface area contributed by atoms with E-state index in [1.165, 1.54) is 25.7 Å². The van der Waals surface area contributed by atoms with Gasteiger partial charge in [-0.25, -0.2) is 0 Å². The van der Waals surface area contributed by atoms with Crippen LogP contribution in [0.4, 0.5) is 0 Å². The molecule has 0 radical (unpaired) electrons. The summed E-state index contributed by atoms with van der Waals surface area (Å²) in [6.07, 6.45) is 5.16. The molecule has 1 aliphatic carbocycles.